The molecule has 4 nitrogen and oxygen atoms in total. The summed E-state index contributed by atoms with van der Waals surface area (Å²) in [4.78, 5) is 0.823. The quantitative estimate of drug-likeness (QED) is 0.889. The summed E-state index contributed by atoms with van der Waals surface area (Å²) in [7, 11) is 1.61. The third-order valence-electron chi connectivity index (χ3n) is 2.55. The summed E-state index contributed by atoms with van der Waals surface area (Å²) in [5, 5.41) is 16.4. The molecule has 2 aromatic heterocycles. The van der Waals surface area contributed by atoms with E-state index in [-0.39, 0.29) is 0 Å². The number of rotatable bonds is 5. The van der Waals surface area contributed by atoms with Gasteiger partial charge in [-0.05, 0) is 17.9 Å². The number of ether oxygens (including phenoxy) is 1. The first-order chi connectivity index (χ1) is 8.26. The Hall–Kier alpha value is -1.33. The maximum atomic E-state index is 10.3. The Kier molecular flexibility index (Phi) is 3.81. The molecule has 0 saturated carbocycles. The van der Waals surface area contributed by atoms with Crippen LogP contribution in [0.2, 0.25) is 0 Å². The van der Waals surface area contributed by atoms with E-state index < -0.39 is 6.10 Å². The van der Waals surface area contributed by atoms with E-state index in [0.717, 1.165) is 29.2 Å². The van der Waals surface area contributed by atoms with Gasteiger partial charge in [-0.2, -0.15) is 5.10 Å². The van der Waals surface area contributed by atoms with Crippen LogP contribution in [0.4, 0.5) is 0 Å². The third-order valence-corrected chi connectivity index (χ3v) is 3.50. The average molecular weight is 252 g/mol. The van der Waals surface area contributed by atoms with E-state index in [0.29, 0.717) is 0 Å². The smallest absolute Gasteiger partial charge is 0.135 e. The lowest BCUT2D eigenvalue weighted by atomic mass is 10.1. The van der Waals surface area contributed by atoms with Crippen molar-refractivity contribution in [2.45, 2.75) is 26.0 Å². The highest BCUT2D eigenvalue weighted by Gasteiger charge is 2.18. The van der Waals surface area contributed by atoms with Crippen LogP contribution >= 0.6 is 11.3 Å². The number of thiophene rings is 1. The van der Waals surface area contributed by atoms with Crippen LogP contribution in [-0.2, 0) is 6.54 Å². The second-order valence-corrected chi connectivity index (χ2v) is 4.74. The van der Waals surface area contributed by atoms with E-state index in [1.54, 1.807) is 13.3 Å². The molecule has 0 radical (unpaired) electrons. The van der Waals surface area contributed by atoms with E-state index in [1.807, 2.05) is 22.3 Å². The molecule has 0 fully saturated rings. The minimum absolute atomic E-state index is 0.657. The van der Waals surface area contributed by atoms with Gasteiger partial charge in [0.2, 0.25) is 0 Å². The van der Waals surface area contributed by atoms with Crippen LogP contribution in [0.1, 0.15) is 29.9 Å². The molecule has 92 valence electrons. The molecule has 0 amide bonds. The Balaban J connectivity index is 2.21. The Morgan fingerprint density at radius 2 is 2.41 bits per heavy atom. The van der Waals surface area contributed by atoms with E-state index in [1.165, 1.54) is 11.3 Å². The molecule has 1 atom stereocenters. The van der Waals surface area contributed by atoms with Crippen molar-refractivity contribution < 1.29 is 9.84 Å². The molecular formula is C12H16N2O2S. The summed E-state index contributed by atoms with van der Waals surface area (Å²) in [6.07, 6.45) is 3.96. The predicted molar refractivity (Wildman–Crippen MR) is 67.5 cm³/mol. The van der Waals surface area contributed by atoms with Gasteiger partial charge in [0.15, 0.2) is 0 Å². The highest BCUT2D eigenvalue weighted by atomic mass is 32.1. The van der Waals surface area contributed by atoms with Gasteiger partial charge in [0.05, 0.1) is 18.2 Å². The first-order valence-corrected chi connectivity index (χ1v) is 6.46. The molecule has 2 aromatic rings. The minimum Gasteiger partial charge on any atom is -0.495 e. The van der Waals surface area contributed by atoms with Gasteiger partial charge in [-0.3, -0.25) is 4.68 Å². The number of methoxy groups -OCH3 is 1. The molecule has 0 saturated heterocycles. The van der Waals surface area contributed by atoms with Crippen LogP contribution in [0.25, 0.3) is 0 Å². The van der Waals surface area contributed by atoms with Crippen molar-refractivity contribution in [3.05, 3.63) is 34.3 Å². The first-order valence-electron chi connectivity index (χ1n) is 5.58. The Morgan fingerprint density at radius 3 is 3.12 bits per heavy atom. The van der Waals surface area contributed by atoms with Crippen molar-refractivity contribution in [3.8, 4) is 5.75 Å². The van der Waals surface area contributed by atoms with Gasteiger partial charge in [0.25, 0.3) is 0 Å². The van der Waals surface area contributed by atoms with Gasteiger partial charge >= 0.3 is 0 Å². The third kappa shape index (κ3) is 2.50. The second kappa shape index (κ2) is 5.33. The lowest BCUT2D eigenvalue weighted by molar-refractivity contribution is 0.219. The molecule has 2 heterocycles. The number of aliphatic hydroxyl groups is 1. The van der Waals surface area contributed by atoms with E-state index in [9.17, 15) is 5.11 Å². The van der Waals surface area contributed by atoms with Crippen LogP contribution in [0.3, 0.4) is 0 Å². The number of hydrogen-bond donors (Lipinski definition) is 1. The summed E-state index contributed by atoms with van der Waals surface area (Å²) in [5.41, 5.74) is 0.805. The monoisotopic (exact) mass is 252 g/mol. The summed E-state index contributed by atoms with van der Waals surface area (Å²) < 4.78 is 7.05. The van der Waals surface area contributed by atoms with Gasteiger partial charge in [0.1, 0.15) is 11.9 Å². The molecular weight excluding hydrogens is 236 g/mol. The van der Waals surface area contributed by atoms with Crippen LogP contribution < -0.4 is 4.74 Å². The van der Waals surface area contributed by atoms with Crippen LogP contribution in [-0.4, -0.2) is 22.0 Å². The average Bonchev–Trinajstić information content (AvgIpc) is 2.96. The lowest BCUT2D eigenvalue weighted by Gasteiger charge is -2.08. The summed E-state index contributed by atoms with van der Waals surface area (Å²) in [6, 6.07) is 1.86. The fourth-order valence-corrected chi connectivity index (χ4v) is 2.57. The largest absolute Gasteiger partial charge is 0.495 e. The lowest BCUT2D eigenvalue weighted by Crippen LogP contribution is -1.99. The van der Waals surface area contributed by atoms with Crippen LogP contribution in [0.5, 0.6) is 5.75 Å². The highest BCUT2D eigenvalue weighted by Crippen LogP contribution is 2.34. The summed E-state index contributed by atoms with van der Waals surface area (Å²) in [5.74, 6) is 0.728. The van der Waals surface area contributed by atoms with E-state index in [4.69, 9.17) is 4.74 Å². The number of aryl methyl sites for hydroxylation is 1. The molecule has 2 rings (SSSR count). The van der Waals surface area contributed by atoms with Gasteiger partial charge in [0, 0.05) is 18.3 Å². The fraction of sp³-hybridized carbons (Fsp3) is 0.417. The standard InChI is InChI=1S/C12H16N2O2S/c1-3-5-14-8-9(7-13-14)11(15)12-10(16-2)4-6-17-12/h4,6-8,11,15H,3,5H2,1-2H3. The predicted octanol–water partition coefficient (Wildman–Crippen LogP) is 2.44. The number of aliphatic hydroxyl groups excluding tert-OH is 1. The SMILES string of the molecule is CCCn1cc(C(O)c2sccc2OC)cn1. The number of aromatic nitrogens is 2. The molecule has 0 spiro atoms. The molecule has 5 heteroatoms. The topological polar surface area (TPSA) is 47.3 Å². The normalized spacial score (nSPS) is 12.6. The van der Waals surface area contributed by atoms with Crippen molar-refractivity contribution in [3.63, 3.8) is 0 Å². The first kappa shape index (κ1) is 12.1. The van der Waals surface area contributed by atoms with Gasteiger partial charge in [-0.25, -0.2) is 0 Å². The zero-order valence-corrected chi connectivity index (χ0v) is 10.8. The minimum atomic E-state index is -0.657. The highest BCUT2D eigenvalue weighted by molar-refractivity contribution is 7.10. The van der Waals surface area contributed by atoms with Crippen molar-refractivity contribution in [2.75, 3.05) is 7.11 Å². The molecule has 0 bridgehead atoms. The maximum Gasteiger partial charge on any atom is 0.135 e. The number of hydrogen-bond acceptors (Lipinski definition) is 4. The van der Waals surface area contributed by atoms with Crippen molar-refractivity contribution in [2.24, 2.45) is 0 Å². The van der Waals surface area contributed by atoms with Gasteiger partial charge in [-0.1, -0.05) is 6.92 Å². The van der Waals surface area contributed by atoms with Crippen molar-refractivity contribution in [1.29, 1.82) is 0 Å². The molecule has 1 unspecified atom stereocenters. The molecule has 0 aromatic carbocycles. The molecule has 0 aliphatic heterocycles. The molecule has 0 aliphatic rings. The second-order valence-electron chi connectivity index (χ2n) is 3.79. The number of nitrogens with zero attached hydrogens (tertiary/aromatic N) is 2. The van der Waals surface area contributed by atoms with E-state index >= 15 is 0 Å². The van der Waals surface area contributed by atoms with Gasteiger partial charge in [-0.15, -0.1) is 11.3 Å². The van der Waals surface area contributed by atoms with Gasteiger partial charge < -0.3 is 9.84 Å². The molecule has 17 heavy (non-hydrogen) atoms. The molecule has 0 aliphatic carbocycles. The summed E-state index contributed by atoms with van der Waals surface area (Å²) in [6.45, 7) is 2.97. The fourth-order valence-electron chi connectivity index (χ4n) is 1.70. The Morgan fingerprint density at radius 1 is 1.59 bits per heavy atom. The molecule has 1 N–H and O–H groups in total. The zero-order valence-electron chi connectivity index (χ0n) is 9.96. The Bertz CT molecular complexity index is 478. The van der Waals surface area contributed by atoms with Crippen molar-refractivity contribution in [1.82, 2.24) is 9.78 Å². The Labute approximate surface area is 104 Å². The van der Waals surface area contributed by atoms with E-state index in [2.05, 4.69) is 12.0 Å². The zero-order chi connectivity index (χ0) is 12.3. The maximum absolute atomic E-state index is 10.3. The summed E-state index contributed by atoms with van der Waals surface area (Å²) >= 11 is 1.49. The van der Waals surface area contributed by atoms with Crippen molar-refractivity contribution >= 4 is 11.3 Å². The van der Waals surface area contributed by atoms with Crippen LogP contribution in [0, 0.1) is 0 Å². The van der Waals surface area contributed by atoms with Crippen LogP contribution in [0.15, 0.2) is 23.8 Å².